The topological polar surface area (TPSA) is 37.8 Å². The summed E-state index contributed by atoms with van der Waals surface area (Å²) in [5.41, 5.74) is 2.14. The first kappa shape index (κ1) is 16.7. The van der Waals surface area contributed by atoms with Crippen molar-refractivity contribution in [2.75, 3.05) is 12.3 Å². The second kappa shape index (κ2) is 9.21. The molecule has 0 saturated heterocycles. The van der Waals surface area contributed by atoms with Gasteiger partial charge in [-0.3, -0.25) is 9.97 Å². The second-order valence-electron chi connectivity index (χ2n) is 5.45. The molecule has 0 radical (unpaired) electrons. The van der Waals surface area contributed by atoms with Crippen LogP contribution < -0.4 is 5.32 Å². The van der Waals surface area contributed by atoms with Gasteiger partial charge in [-0.2, -0.15) is 0 Å². The maximum Gasteiger partial charge on any atom is 0.0577 e. The molecule has 24 heavy (non-hydrogen) atoms. The van der Waals surface area contributed by atoms with Crippen LogP contribution in [-0.4, -0.2) is 22.3 Å². The smallest absolute Gasteiger partial charge is 0.0577 e. The highest BCUT2D eigenvalue weighted by molar-refractivity contribution is 7.99. The Morgan fingerprint density at radius 1 is 0.833 bits per heavy atom. The van der Waals surface area contributed by atoms with Gasteiger partial charge >= 0.3 is 0 Å². The van der Waals surface area contributed by atoms with Crippen LogP contribution in [-0.2, 0) is 6.42 Å². The van der Waals surface area contributed by atoms with Crippen LogP contribution in [0.1, 0.15) is 17.4 Å². The molecule has 0 aliphatic carbocycles. The van der Waals surface area contributed by atoms with Gasteiger partial charge in [0.1, 0.15) is 0 Å². The minimum Gasteiger partial charge on any atom is -0.307 e. The number of aromatic nitrogens is 2. The van der Waals surface area contributed by atoms with E-state index >= 15 is 0 Å². The van der Waals surface area contributed by atoms with Gasteiger partial charge in [0.25, 0.3) is 0 Å². The quantitative estimate of drug-likeness (QED) is 0.496. The van der Waals surface area contributed by atoms with Crippen molar-refractivity contribution >= 4 is 11.8 Å². The highest BCUT2D eigenvalue weighted by atomic mass is 32.2. The molecule has 1 unspecified atom stereocenters. The average molecular weight is 335 g/mol. The van der Waals surface area contributed by atoms with E-state index in [1.54, 1.807) is 0 Å². The minimum absolute atomic E-state index is 0.178. The van der Waals surface area contributed by atoms with Gasteiger partial charge in [-0.25, -0.2) is 0 Å². The zero-order valence-electron chi connectivity index (χ0n) is 13.5. The van der Waals surface area contributed by atoms with Crippen LogP contribution in [0.15, 0.2) is 84.0 Å². The van der Waals surface area contributed by atoms with Crippen LogP contribution in [0.25, 0.3) is 0 Å². The van der Waals surface area contributed by atoms with Crippen molar-refractivity contribution < 1.29 is 0 Å². The Kier molecular flexibility index (Phi) is 6.40. The minimum atomic E-state index is 0.178. The van der Waals surface area contributed by atoms with Crippen molar-refractivity contribution in [3.05, 3.63) is 90.5 Å². The predicted molar refractivity (Wildman–Crippen MR) is 100 cm³/mol. The van der Waals surface area contributed by atoms with Crippen molar-refractivity contribution in [1.29, 1.82) is 0 Å². The Bertz CT molecular complexity index is 705. The molecule has 4 heteroatoms. The first-order chi connectivity index (χ1) is 11.9. The highest BCUT2D eigenvalue weighted by Gasteiger charge is 2.13. The van der Waals surface area contributed by atoms with Crippen LogP contribution in [0.3, 0.4) is 0 Å². The molecule has 0 spiro atoms. The predicted octanol–water partition coefficient (Wildman–Crippen LogP) is 4.14. The summed E-state index contributed by atoms with van der Waals surface area (Å²) in [5, 5.41) is 3.63. The van der Waals surface area contributed by atoms with E-state index < -0.39 is 0 Å². The van der Waals surface area contributed by atoms with Crippen LogP contribution in [0.4, 0.5) is 0 Å². The van der Waals surface area contributed by atoms with E-state index in [-0.39, 0.29) is 6.04 Å². The lowest BCUT2D eigenvalue weighted by atomic mass is 10.1. The fourth-order valence-corrected chi connectivity index (χ4v) is 3.32. The molecule has 1 atom stereocenters. The van der Waals surface area contributed by atoms with E-state index in [4.69, 9.17) is 0 Å². The summed E-state index contributed by atoms with van der Waals surface area (Å²) in [6, 6.07) is 22.8. The van der Waals surface area contributed by atoms with E-state index in [0.29, 0.717) is 0 Å². The van der Waals surface area contributed by atoms with Crippen LogP contribution in [0, 0.1) is 0 Å². The summed E-state index contributed by atoms with van der Waals surface area (Å²) in [5.74, 6) is 1.02. The molecule has 1 aromatic carbocycles. The number of thioether (sulfide) groups is 1. The van der Waals surface area contributed by atoms with Gasteiger partial charge in [0.2, 0.25) is 0 Å². The summed E-state index contributed by atoms with van der Waals surface area (Å²) >= 11 is 1.87. The Labute approximate surface area is 147 Å². The molecular formula is C20H21N3S. The van der Waals surface area contributed by atoms with Gasteiger partial charge in [-0.15, -0.1) is 11.8 Å². The summed E-state index contributed by atoms with van der Waals surface area (Å²) < 4.78 is 0. The fraction of sp³-hybridized carbons (Fsp3) is 0.200. The normalized spacial score (nSPS) is 12.0. The number of hydrogen-bond donors (Lipinski definition) is 1. The van der Waals surface area contributed by atoms with E-state index in [0.717, 1.165) is 30.1 Å². The first-order valence-electron chi connectivity index (χ1n) is 8.14. The molecule has 0 bridgehead atoms. The third kappa shape index (κ3) is 5.18. The number of pyridine rings is 2. The molecule has 1 N–H and O–H groups in total. The second-order valence-corrected chi connectivity index (χ2v) is 6.62. The summed E-state index contributed by atoms with van der Waals surface area (Å²) in [6.45, 7) is 0.924. The number of nitrogens with zero attached hydrogens (tertiary/aromatic N) is 2. The first-order valence-corrected chi connectivity index (χ1v) is 9.12. The molecular weight excluding hydrogens is 314 g/mol. The van der Waals surface area contributed by atoms with Crippen molar-refractivity contribution in [3.8, 4) is 0 Å². The van der Waals surface area contributed by atoms with Crippen molar-refractivity contribution in [2.24, 2.45) is 0 Å². The number of nitrogens with one attached hydrogen (secondary N) is 1. The summed E-state index contributed by atoms with van der Waals surface area (Å²) in [6.07, 6.45) is 4.53. The Morgan fingerprint density at radius 3 is 2.29 bits per heavy atom. The van der Waals surface area contributed by atoms with Crippen molar-refractivity contribution in [1.82, 2.24) is 15.3 Å². The maximum atomic E-state index is 4.52. The molecule has 0 aliphatic rings. The van der Waals surface area contributed by atoms with Crippen molar-refractivity contribution in [3.63, 3.8) is 0 Å². The third-order valence-electron chi connectivity index (χ3n) is 3.69. The standard InChI is InChI=1S/C20H21N3S/c1-2-9-18(10-3-1)24-15-14-23-20(19-11-5-7-13-22-19)16-17-8-4-6-12-21-17/h1-13,20,23H,14-16H2. The molecule has 3 rings (SSSR count). The lowest BCUT2D eigenvalue weighted by Gasteiger charge is -2.18. The van der Waals surface area contributed by atoms with Gasteiger partial charge in [0.05, 0.1) is 11.7 Å². The Hall–Kier alpha value is -2.17. The van der Waals surface area contributed by atoms with E-state index in [1.807, 2.05) is 54.5 Å². The zero-order valence-corrected chi connectivity index (χ0v) is 14.3. The number of rotatable bonds is 8. The molecule has 0 amide bonds. The average Bonchev–Trinajstić information content (AvgIpc) is 2.66. The fourth-order valence-electron chi connectivity index (χ4n) is 2.51. The summed E-state index contributed by atoms with van der Waals surface area (Å²) in [7, 11) is 0. The SMILES string of the molecule is c1ccc(SCCNC(Cc2ccccn2)c2ccccn2)cc1. The van der Waals surface area contributed by atoms with Gasteiger partial charge in [-0.1, -0.05) is 30.3 Å². The molecule has 2 heterocycles. The van der Waals surface area contributed by atoms with Gasteiger partial charge in [0, 0.05) is 41.7 Å². The van der Waals surface area contributed by atoms with E-state index in [9.17, 15) is 0 Å². The van der Waals surface area contributed by atoms with E-state index in [2.05, 4.69) is 51.7 Å². The molecule has 2 aromatic heterocycles. The molecule has 3 aromatic rings. The lowest BCUT2D eigenvalue weighted by molar-refractivity contribution is 0.533. The number of hydrogen-bond acceptors (Lipinski definition) is 4. The van der Waals surface area contributed by atoms with E-state index in [1.165, 1.54) is 4.90 Å². The van der Waals surface area contributed by atoms with Crippen LogP contribution in [0.5, 0.6) is 0 Å². The van der Waals surface area contributed by atoms with Gasteiger partial charge in [0.15, 0.2) is 0 Å². The highest BCUT2D eigenvalue weighted by Crippen LogP contribution is 2.18. The molecule has 0 saturated carbocycles. The molecule has 122 valence electrons. The lowest BCUT2D eigenvalue weighted by Crippen LogP contribution is -2.26. The van der Waals surface area contributed by atoms with Crippen molar-refractivity contribution in [2.45, 2.75) is 17.4 Å². The number of benzene rings is 1. The summed E-state index contributed by atoms with van der Waals surface area (Å²) in [4.78, 5) is 10.3. The van der Waals surface area contributed by atoms with Crippen LogP contribution in [0.2, 0.25) is 0 Å². The Morgan fingerprint density at radius 2 is 1.58 bits per heavy atom. The monoisotopic (exact) mass is 335 g/mol. The van der Waals surface area contributed by atoms with Gasteiger partial charge in [-0.05, 0) is 36.4 Å². The molecule has 3 nitrogen and oxygen atoms in total. The molecule has 0 fully saturated rings. The maximum absolute atomic E-state index is 4.52. The third-order valence-corrected chi connectivity index (χ3v) is 4.70. The largest absolute Gasteiger partial charge is 0.307 e. The Balaban J connectivity index is 1.58. The van der Waals surface area contributed by atoms with Crippen LogP contribution >= 0.6 is 11.8 Å². The molecule has 0 aliphatic heterocycles. The van der Waals surface area contributed by atoms with Gasteiger partial charge < -0.3 is 5.32 Å². The zero-order chi connectivity index (χ0) is 16.5.